The summed E-state index contributed by atoms with van der Waals surface area (Å²) in [6.07, 6.45) is 1.00. The first-order valence-corrected chi connectivity index (χ1v) is 6.92. The largest absolute Gasteiger partial charge is 0.481 e. The average molecular weight is 262 g/mol. The molecule has 1 aromatic carbocycles. The SMILES string of the molecule is CC(CCC(=O)O)N1CCN(c2ccccc2)CC1. The lowest BCUT2D eigenvalue weighted by Gasteiger charge is -2.39. The maximum atomic E-state index is 10.6. The molecule has 0 bridgehead atoms. The van der Waals surface area contributed by atoms with Crippen molar-refractivity contribution in [1.82, 2.24) is 4.90 Å². The monoisotopic (exact) mass is 262 g/mol. The molecule has 2 rings (SSSR count). The average Bonchev–Trinajstić information content (AvgIpc) is 2.46. The molecule has 1 fully saturated rings. The van der Waals surface area contributed by atoms with Crippen molar-refractivity contribution in [2.75, 3.05) is 31.1 Å². The number of nitrogens with zero attached hydrogens (tertiary/aromatic N) is 2. The predicted octanol–water partition coefficient (Wildman–Crippen LogP) is 2.06. The van der Waals surface area contributed by atoms with E-state index < -0.39 is 5.97 Å². The van der Waals surface area contributed by atoms with Crippen LogP contribution >= 0.6 is 0 Å². The Hall–Kier alpha value is -1.55. The van der Waals surface area contributed by atoms with Crippen LogP contribution in [0.3, 0.4) is 0 Å². The number of carboxylic acid groups (broad SMARTS) is 1. The van der Waals surface area contributed by atoms with E-state index >= 15 is 0 Å². The highest BCUT2D eigenvalue weighted by Crippen LogP contribution is 2.17. The number of carbonyl (C=O) groups is 1. The van der Waals surface area contributed by atoms with Gasteiger partial charge in [0.25, 0.3) is 0 Å². The van der Waals surface area contributed by atoms with Gasteiger partial charge in [-0.1, -0.05) is 18.2 Å². The predicted molar refractivity (Wildman–Crippen MR) is 76.6 cm³/mol. The Morgan fingerprint density at radius 1 is 1.21 bits per heavy atom. The molecule has 0 saturated carbocycles. The van der Waals surface area contributed by atoms with E-state index in [-0.39, 0.29) is 6.42 Å². The fraction of sp³-hybridized carbons (Fsp3) is 0.533. The molecule has 1 aliphatic rings. The van der Waals surface area contributed by atoms with Crippen LogP contribution in [0.5, 0.6) is 0 Å². The van der Waals surface area contributed by atoms with E-state index in [1.807, 2.05) is 6.07 Å². The topological polar surface area (TPSA) is 43.8 Å². The van der Waals surface area contributed by atoms with Crippen molar-refractivity contribution >= 4 is 11.7 Å². The molecule has 1 atom stereocenters. The van der Waals surface area contributed by atoms with E-state index in [0.29, 0.717) is 6.04 Å². The van der Waals surface area contributed by atoms with E-state index in [0.717, 1.165) is 32.6 Å². The third-order valence-electron chi connectivity index (χ3n) is 3.83. The standard InChI is InChI=1S/C15H22N2O2/c1-13(7-8-15(18)19)16-9-11-17(12-10-16)14-5-3-2-4-6-14/h2-6,13H,7-12H2,1H3,(H,18,19). The number of aliphatic carboxylic acids is 1. The number of hydrogen-bond acceptors (Lipinski definition) is 3. The number of rotatable bonds is 5. The molecule has 0 aromatic heterocycles. The van der Waals surface area contributed by atoms with Gasteiger partial charge in [-0.15, -0.1) is 0 Å². The lowest BCUT2D eigenvalue weighted by molar-refractivity contribution is -0.137. The summed E-state index contributed by atoms with van der Waals surface area (Å²) in [5.74, 6) is -0.699. The summed E-state index contributed by atoms with van der Waals surface area (Å²) in [6.45, 7) is 6.18. The minimum Gasteiger partial charge on any atom is -0.481 e. The molecule has 104 valence electrons. The molecule has 0 amide bonds. The van der Waals surface area contributed by atoms with Crippen molar-refractivity contribution < 1.29 is 9.90 Å². The highest BCUT2D eigenvalue weighted by Gasteiger charge is 2.21. The first-order chi connectivity index (χ1) is 9.16. The third-order valence-corrected chi connectivity index (χ3v) is 3.83. The maximum Gasteiger partial charge on any atom is 0.303 e. The van der Waals surface area contributed by atoms with Crippen LogP contribution in [-0.2, 0) is 4.79 Å². The van der Waals surface area contributed by atoms with Crippen LogP contribution < -0.4 is 4.90 Å². The van der Waals surface area contributed by atoms with Crippen LogP contribution in [0.2, 0.25) is 0 Å². The molecule has 4 nitrogen and oxygen atoms in total. The van der Waals surface area contributed by atoms with Crippen LogP contribution in [0.15, 0.2) is 30.3 Å². The number of anilines is 1. The van der Waals surface area contributed by atoms with Gasteiger partial charge in [0.2, 0.25) is 0 Å². The molecule has 1 aliphatic heterocycles. The Morgan fingerprint density at radius 3 is 2.42 bits per heavy atom. The van der Waals surface area contributed by atoms with Gasteiger partial charge >= 0.3 is 5.97 Å². The van der Waals surface area contributed by atoms with Crippen molar-refractivity contribution in [3.8, 4) is 0 Å². The van der Waals surface area contributed by atoms with Gasteiger partial charge in [-0.05, 0) is 25.5 Å². The van der Waals surface area contributed by atoms with E-state index in [4.69, 9.17) is 5.11 Å². The fourth-order valence-corrected chi connectivity index (χ4v) is 2.57. The highest BCUT2D eigenvalue weighted by molar-refractivity contribution is 5.66. The van der Waals surface area contributed by atoms with Crippen LogP contribution in [0.25, 0.3) is 0 Å². The normalized spacial score (nSPS) is 18.3. The number of para-hydroxylation sites is 1. The lowest BCUT2D eigenvalue weighted by Crippen LogP contribution is -2.49. The van der Waals surface area contributed by atoms with Gasteiger partial charge in [0, 0.05) is 44.3 Å². The van der Waals surface area contributed by atoms with Crippen molar-refractivity contribution in [3.05, 3.63) is 30.3 Å². The number of carboxylic acids is 1. The molecule has 1 heterocycles. The molecule has 1 N–H and O–H groups in total. The zero-order valence-corrected chi connectivity index (χ0v) is 11.5. The number of piperazine rings is 1. The van der Waals surface area contributed by atoms with Crippen LogP contribution in [-0.4, -0.2) is 48.2 Å². The van der Waals surface area contributed by atoms with E-state index in [1.165, 1.54) is 5.69 Å². The molecule has 19 heavy (non-hydrogen) atoms. The Morgan fingerprint density at radius 2 is 1.84 bits per heavy atom. The van der Waals surface area contributed by atoms with Crippen LogP contribution in [0.4, 0.5) is 5.69 Å². The molecule has 1 aromatic rings. The van der Waals surface area contributed by atoms with Gasteiger partial charge < -0.3 is 10.0 Å². The van der Waals surface area contributed by atoms with Gasteiger partial charge in [-0.2, -0.15) is 0 Å². The molecule has 4 heteroatoms. The summed E-state index contributed by atoms with van der Waals surface area (Å²) < 4.78 is 0. The Bertz CT molecular complexity index is 400. The minimum atomic E-state index is -0.699. The Kier molecular flexibility index (Phi) is 4.80. The smallest absolute Gasteiger partial charge is 0.303 e. The highest BCUT2D eigenvalue weighted by atomic mass is 16.4. The second-order valence-electron chi connectivity index (χ2n) is 5.14. The first kappa shape index (κ1) is 13.9. The second-order valence-corrected chi connectivity index (χ2v) is 5.14. The van der Waals surface area contributed by atoms with Crippen molar-refractivity contribution in [2.45, 2.75) is 25.8 Å². The zero-order chi connectivity index (χ0) is 13.7. The van der Waals surface area contributed by atoms with Crippen molar-refractivity contribution in [1.29, 1.82) is 0 Å². The van der Waals surface area contributed by atoms with Gasteiger partial charge in [-0.25, -0.2) is 0 Å². The molecule has 0 aliphatic carbocycles. The van der Waals surface area contributed by atoms with Crippen molar-refractivity contribution in [2.24, 2.45) is 0 Å². The van der Waals surface area contributed by atoms with E-state index in [2.05, 4.69) is 41.0 Å². The molecular weight excluding hydrogens is 240 g/mol. The molecular formula is C15H22N2O2. The second kappa shape index (κ2) is 6.57. The maximum absolute atomic E-state index is 10.6. The molecule has 0 radical (unpaired) electrons. The fourth-order valence-electron chi connectivity index (χ4n) is 2.57. The summed E-state index contributed by atoms with van der Waals surface area (Å²) in [6, 6.07) is 10.8. The summed E-state index contributed by atoms with van der Waals surface area (Å²) in [7, 11) is 0. The number of hydrogen-bond donors (Lipinski definition) is 1. The molecule has 1 unspecified atom stereocenters. The van der Waals surface area contributed by atoms with Gasteiger partial charge in [0.15, 0.2) is 0 Å². The first-order valence-electron chi connectivity index (χ1n) is 6.92. The summed E-state index contributed by atoms with van der Waals surface area (Å²) >= 11 is 0. The van der Waals surface area contributed by atoms with Crippen molar-refractivity contribution in [3.63, 3.8) is 0 Å². The summed E-state index contributed by atoms with van der Waals surface area (Å²) in [5.41, 5.74) is 1.28. The summed E-state index contributed by atoms with van der Waals surface area (Å²) in [5, 5.41) is 8.72. The summed E-state index contributed by atoms with van der Waals surface area (Å²) in [4.78, 5) is 15.4. The van der Waals surface area contributed by atoms with Gasteiger partial charge in [0.1, 0.15) is 0 Å². The van der Waals surface area contributed by atoms with Crippen LogP contribution in [0.1, 0.15) is 19.8 Å². The third kappa shape index (κ3) is 3.96. The number of benzene rings is 1. The van der Waals surface area contributed by atoms with E-state index in [9.17, 15) is 4.79 Å². The van der Waals surface area contributed by atoms with Crippen LogP contribution in [0, 0.1) is 0 Å². The van der Waals surface area contributed by atoms with Gasteiger partial charge in [-0.3, -0.25) is 9.69 Å². The quantitative estimate of drug-likeness (QED) is 0.882. The van der Waals surface area contributed by atoms with Gasteiger partial charge in [0.05, 0.1) is 0 Å². The molecule has 1 saturated heterocycles. The zero-order valence-electron chi connectivity index (χ0n) is 11.5. The lowest BCUT2D eigenvalue weighted by atomic mass is 10.1. The van der Waals surface area contributed by atoms with E-state index in [1.54, 1.807) is 0 Å². The Labute approximate surface area is 114 Å². The minimum absolute atomic E-state index is 0.264. The molecule has 0 spiro atoms. The Balaban J connectivity index is 1.80.